The van der Waals surface area contributed by atoms with E-state index in [1.165, 1.54) is 18.6 Å². The number of phenolic OH excluding ortho intramolecular Hbond substituents is 2. The molecule has 0 heterocycles. The lowest BCUT2D eigenvalue weighted by atomic mass is 9.78. The lowest BCUT2D eigenvalue weighted by Gasteiger charge is -2.34. The van der Waals surface area contributed by atoms with E-state index in [2.05, 4.69) is 19.2 Å². The number of nitrogens with one attached hydrogen (secondary N) is 1. The molecule has 19 heavy (non-hydrogen) atoms. The number of phenols is 2. The van der Waals surface area contributed by atoms with Crippen LogP contribution < -0.4 is 5.32 Å². The SMILES string of the molecule is CC1CCCC(NC(=O)c2cccc(O)c2O)C1C. The number of hydrogen-bond donors (Lipinski definition) is 3. The van der Waals surface area contributed by atoms with Gasteiger partial charge < -0.3 is 15.5 Å². The summed E-state index contributed by atoms with van der Waals surface area (Å²) in [6.45, 7) is 4.35. The van der Waals surface area contributed by atoms with Gasteiger partial charge in [0.25, 0.3) is 5.91 Å². The average Bonchev–Trinajstić information content (AvgIpc) is 2.38. The van der Waals surface area contributed by atoms with Crippen molar-refractivity contribution in [1.82, 2.24) is 5.32 Å². The molecule has 1 aliphatic carbocycles. The Morgan fingerprint density at radius 2 is 2.00 bits per heavy atom. The molecule has 104 valence electrons. The molecule has 1 amide bonds. The molecule has 0 aliphatic heterocycles. The van der Waals surface area contributed by atoms with Crippen molar-refractivity contribution in [2.24, 2.45) is 11.8 Å². The molecular formula is C15H21NO3. The first-order valence-electron chi connectivity index (χ1n) is 6.82. The average molecular weight is 263 g/mol. The first kappa shape index (κ1) is 13.7. The van der Waals surface area contributed by atoms with Gasteiger partial charge in [-0.1, -0.05) is 32.8 Å². The van der Waals surface area contributed by atoms with E-state index < -0.39 is 0 Å². The van der Waals surface area contributed by atoms with E-state index in [-0.39, 0.29) is 29.0 Å². The molecule has 4 heteroatoms. The fourth-order valence-corrected chi connectivity index (χ4v) is 2.75. The second-order valence-electron chi connectivity index (χ2n) is 5.52. The van der Waals surface area contributed by atoms with Crippen LogP contribution >= 0.6 is 0 Å². The lowest BCUT2D eigenvalue weighted by Crippen LogP contribution is -2.43. The van der Waals surface area contributed by atoms with Crippen LogP contribution in [0.4, 0.5) is 0 Å². The second-order valence-corrected chi connectivity index (χ2v) is 5.52. The van der Waals surface area contributed by atoms with Crippen LogP contribution in [0.3, 0.4) is 0 Å². The summed E-state index contributed by atoms with van der Waals surface area (Å²) in [4.78, 5) is 12.2. The van der Waals surface area contributed by atoms with Gasteiger partial charge in [0, 0.05) is 6.04 Å². The van der Waals surface area contributed by atoms with Gasteiger partial charge in [-0.15, -0.1) is 0 Å². The fraction of sp³-hybridized carbons (Fsp3) is 0.533. The number of aromatic hydroxyl groups is 2. The number of carbonyl (C=O) groups is 1. The van der Waals surface area contributed by atoms with Gasteiger partial charge in [0.05, 0.1) is 5.56 Å². The highest BCUT2D eigenvalue weighted by Crippen LogP contribution is 2.31. The summed E-state index contributed by atoms with van der Waals surface area (Å²) in [7, 11) is 0. The third-order valence-electron chi connectivity index (χ3n) is 4.28. The van der Waals surface area contributed by atoms with Gasteiger partial charge in [0.2, 0.25) is 0 Å². The number of rotatable bonds is 2. The predicted octanol–water partition coefficient (Wildman–Crippen LogP) is 2.65. The Kier molecular flexibility index (Phi) is 3.98. The third kappa shape index (κ3) is 2.83. The van der Waals surface area contributed by atoms with Crippen molar-refractivity contribution in [3.63, 3.8) is 0 Å². The van der Waals surface area contributed by atoms with E-state index in [4.69, 9.17) is 0 Å². The molecule has 3 atom stereocenters. The molecule has 0 bridgehead atoms. The minimum absolute atomic E-state index is 0.130. The van der Waals surface area contributed by atoms with Gasteiger partial charge >= 0.3 is 0 Å². The van der Waals surface area contributed by atoms with Gasteiger partial charge in [0.1, 0.15) is 0 Å². The van der Waals surface area contributed by atoms with Gasteiger partial charge in [-0.3, -0.25) is 4.79 Å². The first-order chi connectivity index (χ1) is 9.00. The Morgan fingerprint density at radius 1 is 1.26 bits per heavy atom. The monoisotopic (exact) mass is 263 g/mol. The third-order valence-corrected chi connectivity index (χ3v) is 4.28. The van der Waals surface area contributed by atoms with Crippen LogP contribution in [-0.2, 0) is 0 Å². The number of amides is 1. The van der Waals surface area contributed by atoms with Crippen molar-refractivity contribution >= 4 is 5.91 Å². The summed E-state index contributed by atoms with van der Waals surface area (Å²) in [5.74, 6) is 0.0857. The van der Waals surface area contributed by atoms with Crippen molar-refractivity contribution < 1.29 is 15.0 Å². The minimum Gasteiger partial charge on any atom is -0.504 e. The Hall–Kier alpha value is -1.71. The van der Waals surface area contributed by atoms with Crippen LogP contribution in [0.25, 0.3) is 0 Å². The Bertz CT molecular complexity index is 472. The summed E-state index contributed by atoms with van der Waals surface area (Å²) in [5, 5.41) is 22.1. The van der Waals surface area contributed by atoms with Gasteiger partial charge in [0.15, 0.2) is 11.5 Å². The molecule has 0 spiro atoms. The van der Waals surface area contributed by atoms with Crippen molar-refractivity contribution in [2.45, 2.75) is 39.2 Å². The summed E-state index contributed by atoms with van der Waals surface area (Å²) in [5.41, 5.74) is 0.130. The molecule has 4 nitrogen and oxygen atoms in total. The minimum atomic E-state index is -0.350. The molecular weight excluding hydrogens is 242 g/mol. The topological polar surface area (TPSA) is 69.6 Å². The smallest absolute Gasteiger partial charge is 0.255 e. The van der Waals surface area contributed by atoms with E-state index in [0.29, 0.717) is 11.8 Å². The van der Waals surface area contributed by atoms with Gasteiger partial charge in [-0.2, -0.15) is 0 Å². The van der Waals surface area contributed by atoms with Crippen LogP contribution in [0.1, 0.15) is 43.5 Å². The van der Waals surface area contributed by atoms with E-state index in [1.807, 2.05) is 0 Å². The largest absolute Gasteiger partial charge is 0.504 e. The van der Waals surface area contributed by atoms with Crippen LogP contribution in [0.2, 0.25) is 0 Å². The van der Waals surface area contributed by atoms with Gasteiger partial charge in [-0.25, -0.2) is 0 Å². The molecule has 0 radical (unpaired) electrons. The Labute approximate surface area is 113 Å². The maximum Gasteiger partial charge on any atom is 0.255 e. The summed E-state index contributed by atoms with van der Waals surface area (Å²) in [6, 6.07) is 4.56. The van der Waals surface area contributed by atoms with E-state index in [0.717, 1.165) is 12.8 Å². The highest BCUT2D eigenvalue weighted by Gasteiger charge is 2.29. The quantitative estimate of drug-likeness (QED) is 0.718. The van der Waals surface area contributed by atoms with Crippen LogP contribution in [0, 0.1) is 11.8 Å². The number of hydrogen-bond acceptors (Lipinski definition) is 3. The van der Waals surface area contributed by atoms with Crippen LogP contribution in [-0.4, -0.2) is 22.2 Å². The molecule has 1 aliphatic rings. The highest BCUT2D eigenvalue weighted by atomic mass is 16.3. The lowest BCUT2D eigenvalue weighted by molar-refractivity contribution is 0.0887. The molecule has 3 unspecified atom stereocenters. The van der Waals surface area contributed by atoms with Crippen molar-refractivity contribution in [1.29, 1.82) is 0 Å². The van der Waals surface area contributed by atoms with E-state index in [9.17, 15) is 15.0 Å². The van der Waals surface area contributed by atoms with Crippen molar-refractivity contribution in [2.75, 3.05) is 0 Å². The van der Waals surface area contributed by atoms with Gasteiger partial charge in [-0.05, 0) is 30.4 Å². The zero-order valence-electron chi connectivity index (χ0n) is 11.4. The van der Waals surface area contributed by atoms with Crippen LogP contribution in [0.5, 0.6) is 11.5 Å². The van der Waals surface area contributed by atoms with Crippen LogP contribution in [0.15, 0.2) is 18.2 Å². The maximum absolute atomic E-state index is 12.2. The van der Waals surface area contributed by atoms with Crippen molar-refractivity contribution in [3.05, 3.63) is 23.8 Å². The maximum atomic E-state index is 12.2. The zero-order valence-corrected chi connectivity index (χ0v) is 11.4. The number of para-hydroxylation sites is 1. The molecule has 0 aromatic heterocycles. The zero-order chi connectivity index (χ0) is 14.0. The summed E-state index contributed by atoms with van der Waals surface area (Å²) < 4.78 is 0. The molecule has 1 saturated carbocycles. The van der Waals surface area contributed by atoms with E-state index in [1.54, 1.807) is 6.07 Å². The molecule has 2 rings (SSSR count). The van der Waals surface area contributed by atoms with Crippen molar-refractivity contribution in [3.8, 4) is 11.5 Å². The Morgan fingerprint density at radius 3 is 2.74 bits per heavy atom. The first-order valence-corrected chi connectivity index (χ1v) is 6.82. The predicted molar refractivity (Wildman–Crippen MR) is 73.2 cm³/mol. The van der Waals surface area contributed by atoms with E-state index >= 15 is 0 Å². The molecule has 1 aromatic rings. The number of carbonyl (C=O) groups excluding carboxylic acids is 1. The summed E-state index contributed by atoms with van der Waals surface area (Å²) >= 11 is 0. The standard InChI is InChI=1S/C15H21NO3/c1-9-5-3-7-12(10(9)2)16-15(19)11-6-4-8-13(17)14(11)18/h4,6,8-10,12,17-18H,3,5,7H2,1-2H3,(H,16,19). The molecule has 0 saturated heterocycles. The number of benzene rings is 1. The Balaban J connectivity index is 2.10. The summed E-state index contributed by atoms with van der Waals surface area (Å²) in [6.07, 6.45) is 3.28. The fourth-order valence-electron chi connectivity index (χ4n) is 2.75. The molecule has 1 aromatic carbocycles. The normalized spacial score (nSPS) is 26.9. The molecule has 1 fully saturated rings. The highest BCUT2D eigenvalue weighted by molar-refractivity contribution is 5.97. The molecule has 3 N–H and O–H groups in total. The second kappa shape index (κ2) is 5.51.